The number of hydrogen-bond donors (Lipinski definition) is 1. The van der Waals surface area contributed by atoms with E-state index in [4.69, 9.17) is 16.3 Å². The maximum atomic E-state index is 11.1. The van der Waals surface area contributed by atoms with Gasteiger partial charge in [0.15, 0.2) is 0 Å². The summed E-state index contributed by atoms with van der Waals surface area (Å²) in [5, 5.41) is 11.7. The van der Waals surface area contributed by atoms with Crippen LogP contribution in [0.15, 0.2) is 29.9 Å². The molecular formula is C15H17ClINO2S. The van der Waals surface area contributed by atoms with Gasteiger partial charge < -0.3 is 9.84 Å². The summed E-state index contributed by atoms with van der Waals surface area (Å²) in [6.07, 6.45) is 1.69. The Morgan fingerprint density at radius 1 is 1.38 bits per heavy atom. The molecular weight excluding hydrogens is 421 g/mol. The molecule has 2 rings (SSSR count). The van der Waals surface area contributed by atoms with Crippen molar-refractivity contribution in [2.45, 2.75) is 26.4 Å². The Morgan fingerprint density at radius 2 is 2.10 bits per heavy atom. The lowest BCUT2D eigenvalue weighted by atomic mass is 9.76. The summed E-state index contributed by atoms with van der Waals surface area (Å²) >= 11 is 9.79. The zero-order valence-corrected chi connectivity index (χ0v) is 15.8. The number of aromatic nitrogens is 1. The average Bonchev–Trinajstić information content (AvgIpc) is 2.90. The molecule has 0 saturated heterocycles. The van der Waals surface area contributed by atoms with Gasteiger partial charge in [0.2, 0.25) is 0 Å². The van der Waals surface area contributed by atoms with Gasteiger partial charge in [-0.15, -0.1) is 11.3 Å². The molecule has 0 fully saturated rings. The van der Waals surface area contributed by atoms with Gasteiger partial charge in [-0.3, -0.25) is 4.98 Å². The van der Waals surface area contributed by atoms with Crippen molar-refractivity contribution in [3.8, 4) is 5.75 Å². The highest BCUT2D eigenvalue weighted by molar-refractivity contribution is 14.1. The monoisotopic (exact) mass is 437 g/mol. The Morgan fingerprint density at radius 3 is 2.62 bits per heavy atom. The summed E-state index contributed by atoms with van der Waals surface area (Å²) < 4.78 is 6.84. The number of nitrogens with zero attached hydrogens (tertiary/aromatic N) is 1. The van der Waals surface area contributed by atoms with Crippen LogP contribution in [0, 0.1) is 8.99 Å². The quantitative estimate of drug-likeness (QED) is 0.704. The molecule has 1 aromatic heterocycles. The van der Waals surface area contributed by atoms with Gasteiger partial charge in [0.1, 0.15) is 18.0 Å². The lowest BCUT2D eigenvalue weighted by molar-refractivity contribution is -0.0918. The Balaban J connectivity index is 2.25. The predicted molar refractivity (Wildman–Crippen MR) is 95.1 cm³/mol. The third-order valence-corrected chi connectivity index (χ3v) is 5.30. The molecule has 0 saturated carbocycles. The molecule has 0 spiro atoms. The summed E-state index contributed by atoms with van der Waals surface area (Å²) in [4.78, 5) is 4.85. The van der Waals surface area contributed by atoms with E-state index in [1.807, 2.05) is 39.0 Å². The average molecular weight is 438 g/mol. The van der Waals surface area contributed by atoms with E-state index in [-0.39, 0.29) is 6.61 Å². The third kappa shape index (κ3) is 3.70. The maximum absolute atomic E-state index is 11.1. The second-order valence-corrected chi connectivity index (χ2v) is 8.38. The first kappa shape index (κ1) is 17.0. The second kappa shape index (κ2) is 6.40. The standard InChI is InChI=1S/C15H17ClINO2S/c1-14(2,3)15(19,13-7-18-9-21-13)8-20-12-5-4-10(17)6-11(12)16/h4-7,9,19H,8H2,1-3H3. The van der Waals surface area contributed by atoms with Crippen LogP contribution in [0.5, 0.6) is 5.75 Å². The van der Waals surface area contributed by atoms with Crippen molar-refractivity contribution < 1.29 is 9.84 Å². The van der Waals surface area contributed by atoms with Crippen molar-refractivity contribution >= 4 is 45.5 Å². The number of aliphatic hydroxyl groups is 1. The molecule has 1 aromatic carbocycles. The first-order valence-corrected chi connectivity index (χ1v) is 8.77. The minimum atomic E-state index is -1.12. The highest BCUT2D eigenvalue weighted by Crippen LogP contribution is 2.41. The third-order valence-electron chi connectivity index (χ3n) is 3.41. The zero-order chi connectivity index (χ0) is 15.7. The van der Waals surface area contributed by atoms with Crippen molar-refractivity contribution in [1.29, 1.82) is 0 Å². The molecule has 2 aromatic rings. The van der Waals surface area contributed by atoms with Gasteiger partial charge in [-0.2, -0.15) is 0 Å². The minimum Gasteiger partial charge on any atom is -0.489 e. The number of ether oxygens (including phenoxy) is 1. The van der Waals surface area contributed by atoms with Gasteiger partial charge in [-0.25, -0.2) is 0 Å². The van der Waals surface area contributed by atoms with Gasteiger partial charge in [0.05, 0.1) is 15.4 Å². The predicted octanol–water partition coefficient (Wildman–Crippen LogP) is 4.71. The van der Waals surface area contributed by atoms with E-state index in [9.17, 15) is 5.11 Å². The normalized spacial score (nSPS) is 14.8. The van der Waals surface area contributed by atoms with E-state index in [1.54, 1.807) is 11.7 Å². The largest absolute Gasteiger partial charge is 0.489 e. The van der Waals surface area contributed by atoms with Crippen LogP contribution in [0.4, 0.5) is 0 Å². The Hall–Kier alpha value is -0.370. The zero-order valence-electron chi connectivity index (χ0n) is 12.1. The van der Waals surface area contributed by atoms with Crippen LogP contribution in [0.2, 0.25) is 5.02 Å². The molecule has 6 heteroatoms. The molecule has 0 aliphatic carbocycles. The molecule has 1 atom stereocenters. The molecule has 0 bridgehead atoms. The van der Waals surface area contributed by atoms with E-state index in [2.05, 4.69) is 27.6 Å². The molecule has 1 N–H and O–H groups in total. The fourth-order valence-corrected chi connectivity index (χ4v) is 3.68. The number of benzene rings is 1. The number of halogens is 2. The van der Waals surface area contributed by atoms with Gasteiger partial charge in [0, 0.05) is 9.77 Å². The van der Waals surface area contributed by atoms with E-state index in [1.165, 1.54) is 11.3 Å². The molecule has 1 heterocycles. The van der Waals surface area contributed by atoms with Crippen LogP contribution in [-0.2, 0) is 5.60 Å². The molecule has 3 nitrogen and oxygen atoms in total. The highest BCUT2D eigenvalue weighted by atomic mass is 127. The van der Waals surface area contributed by atoms with Crippen molar-refractivity contribution in [2.75, 3.05) is 6.61 Å². The number of thiazole rings is 1. The van der Waals surface area contributed by atoms with Gasteiger partial charge in [-0.05, 0) is 46.2 Å². The Kier molecular flexibility index (Phi) is 5.18. The van der Waals surface area contributed by atoms with Gasteiger partial charge >= 0.3 is 0 Å². The summed E-state index contributed by atoms with van der Waals surface area (Å²) in [6, 6.07) is 5.57. The van der Waals surface area contributed by atoms with Crippen LogP contribution in [0.25, 0.3) is 0 Å². The van der Waals surface area contributed by atoms with Crippen molar-refractivity contribution in [1.82, 2.24) is 4.98 Å². The fraction of sp³-hybridized carbons (Fsp3) is 0.400. The SMILES string of the molecule is CC(C)(C)C(O)(COc1ccc(I)cc1Cl)c1cncs1. The second-order valence-electron chi connectivity index (χ2n) is 5.84. The topological polar surface area (TPSA) is 42.4 Å². The van der Waals surface area contributed by atoms with Crippen molar-refractivity contribution in [3.05, 3.63) is 43.4 Å². The fourth-order valence-electron chi connectivity index (χ4n) is 1.85. The lowest BCUT2D eigenvalue weighted by Crippen LogP contribution is -2.44. The number of rotatable bonds is 4. The molecule has 21 heavy (non-hydrogen) atoms. The maximum Gasteiger partial charge on any atom is 0.139 e. The molecule has 114 valence electrons. The van der Waals surface area contributed by atoms with Crippen LogP contribution in [-0.4, -0.2) is 16.7 Å². The number of hydrogen-bond acceptors (Lipinski definition) is 4. The van der Waals surface area contributed by atoms with E-state index < -0.39 is 11.0 Å². The molecule has 0 radical (unpaired) electrons. The van der Waals surface area contributed by atoms with Gasteiger partial charge in [-0.1, -0.05) is 32.4 Å². The van der Waals surface area contributed by atoms with Crippen LogP contribution in [0.1, 0.15) is 25.6 Å². The van der Waals surface area contributed by atoms with Gasteiger partial charge in [0.25, 0.3) is 0 Å². The Labute approximate surface area is 147 Å². The summed E-state index contributed by atoms with van der Waals surface area (Å²) in [7, 11) is 0. The first-order valence-electron chi connectivity index (χ1n) is 6.43. The van der Waals surface area contributed by atoms with Crippen LogP contribution in [0.3, 0.4) is 0 Å². The molecule has 1 unspecified atom stereocenters. The molecule has 0 aliphatic rings. The van der Waals surface area contributed by atoms with E-state index >= 15 is 0 Å². The summed E-state index contributed by atoms with van der Waals surface area (Å²) in [5.74, 6) is 0.573. The van der Waals surface area contributed by atoms with Crippen molar-refractivity contribution in [3.63, 3.8) is 0 Å². The Bertz CT molecular complexity index is 613. The van der Waals surface area contributed by atoms with E-state index in [0.717, 1.165) is 8.45 Å². The smallest absolute Gasteiger partial charge is 0.139 e. The van der Waals surface area contributed by atoms with Crippen LogP contribution >= 0.6 is 45.5 Å². The molecule has 0 amide bonds. The highest BCUT2D eigenvalue weighted by Gasteiger charge is 2.44. The summed E-state index contributed by atoms with van der Waals surface area (Å²) in [5.41, 5.74) is 0.194. The lowest BCUT2D eigenvalue weighted by Gasteiger charge is -2.39. The minimum absolute atomic E-state index is 0.124. The van der Waals surface area contributed by atoms with E-state index in [0.29, 0.717) is 10.8 Å². The van der Waals surface area contributed by atoms with Crippen molar-refractivity contribution in [2.24, 2.45) is 5.41 Å². The first-order chi connectivity index (χ1) is 9.74. The summed E-state index contributed by atoms with van der Waals surface area (Å²) in [6.45, 7) is 6.06. The molecule has 0 aliphatic heterocycles. The van der Waals surface area contributed by atoms with Crippen LogP contribution < -0.4 is 4.74 Å².